The van der Waals surface area contributed by atoms with Gasteiger partial charge in [0, 0.05) is 0 Å². The number of hydrogen-bond donors (Lipinski definition) is 0. The highest BCUT2D eigenvalue weighted by molar-refractivity contribution is 6.91. The molecule has 1 unspecified atom stereocenters. The standard InChI is InChI=1S/C17H26Si/c1-14(15-11-12-17(2,3)13-15)18(4,5)16-9-7-6-8-10-16/h6-11,14H,12-13H2,1-5H3. The molecule has 0 heterocycles. The topological polar surface area (TPSA) is 0 Å². The summed E-state index contributed by atoms with van der Waals surface area (Å²) in [7, 11) is -1.38. The van der Waals surface area contributed by atoms with Crippen molar-refractivity contribution in [2.45, 2.75) is 52.2 Å². The molecule has 98 valence electrons. The third kappa shape index (κ3) is 2.61. The maximum atomic E-state index is 2.52. The van der Waals surface area contributed by atoms with Crippen LogP contribution in [0.5, 0.6) is 0 Å². The van der Waals surface area contributed by atoms with Crippen molar-refractivity contribution in [1.29, 1.82) is 0 Å². The lowest BCUT2D eigenvalue weighted by atomic mass is 9.89. The van der Waals surface area contributed by atoms with Gasteiger partial charge in [-0.1, -0.05) is 81.0 Å². The Bertz CT molecular complexity index is 440. The highest BCUT2D eigenvalue weighted by Crippen LogP contribution is 2.44. The first-order valence-corrected chi connectivity index (χ1v) is 10.2. The highest BCUT2D eigenvalue weighted by atomic mass is 28.3. The van der Waals surface area contributed by atoms with Crippen molar-refractivity contribution in [3.05, 3.63) is 42.0 Å². The smallest absolute Gasteiger partial charge is 0.0848 e. The van der Waals surface area contributed by atoms with Crippen molar-refractivity contribution in [2.75, 3.05) is 0 Å². The first-order chi connectivity index (χ1) is 8.33. The summed E-state index contributed by atoms with van der Waals surface area (Å²) in [4.78, 5) is 0. The summed E-state index contributed by atoms with van der Waals surface area (Å²) < 4.78 is 0. The molecule has 1 aliphatic carbocycles. The SMILES string of the molecule is CC(C1=CCC(C)(C)C1)[Si](C)(C)c1ccccc1. The molecule has 1 aliphatic rings. The summed E-state index contributed by atoms with van der Waals surface area (Å²) in [6, 6.07) is 11.1. The van der Waals surface area contributed by atoms with Gasteiger partial charge >= 0.3 is 0 Å². The summed E-state index contributed by atoms with van der Waals surface area (Å²) in [5, 5.41) is 1.59. The quantitative estimate of drug-likeness (QED) is 0.543. The van der Waals surface area contributed by atoms with Gasteiger partial charge in [0.25, 0.3) is 0 Å². The minimum absolute atomic E-state index is 0.491. The predicted octanol–water partition coefficient (Wildman–Crippen LogP) is 4.74. The number of rotatable bonds is 3. The molecular weight excluding hydrogens is 232 g/mol. The summed E-state index contributed by atoms with van der Waals surface area (Å²) in [5.41, 5.74) is 2.95. The zero-order valence-corrected chi connectivity index (χ0v) is 13.5. The number of benzene rings is 1. The molecule has 0 aliphatic heterocycles. The predicted molar refractivity (Wildman–Crippen MR) is 84.1 cm³/mol. The molecule has 0 saturated carbocycles. The maximum Gasteiger partial charge on any atom is 0.0873 e. The fourth-order valence-electron chi connectivity index (χ4n) is 3.02. The number of allylic oxidation sites excluding steroid dienone is 2. The minimum atomic E-state index is -1.38. The molecule has 0 spiro atoms. The van der Waals surface area contributed by atoms with E-state index in [-0.39, 0.29) is 0 Å². The molecule has 0 saturated heterocycles. The summed E-state index contributed by atoms with van der Waals surface area (Å²) >= 11 is 0. The van der Waals surface area contributed by atoms with Gasteiger partial charge in [-0.2, -0.15) is 0 Å². The Kier molecular flexibility index (Phi) is 3.55. The van der Waals surface area contributed by atoms with E-state index in [1.165, 1.54) is 12.8 Å². The van der Waals surface area contributed by atoms with Gasteiger partial charge in [0.05, 0.1) is 8.07 Å². The average Bonchev–Trinajstić information content (AvgIpc) is 2.69. The second-order valence-corrected chi connectivity index (χ2v) is 12.0. The lowest BCUT2D eigenvalue weighted by molar-refractivity contribution is 0.391. The Labute approximate surface area is 113 Å². The van der Waals surface area contributed by atoms with Crippen LogP contribution >= 0.6 is 0 Å². The first-order valence-electron chi connectivity index (χ1n) is 7.07. The van der Waals surface area contributed by atoms with Crippen molar-refractivity contribution >= 4 is 13.3 Å². The number of hydrogen-bond acceptors (Lipinski definition) is 0. The highest BCUT2D eigenvalue weighted by Gasteiger charge is 2.36. The average molecular weight is 258 g/mol. The largest absolute Gasteiger partial charge is 0.0873 e. The van der Waals surface area contributed by atoms with Crippen LogP contribution in [0.25, 0.3) is 0 Å². The molecule has 2 rings (SSSR count). The van der Waals surface area contributed by atoms with Crippen LogP contribution in [-0.4, -0.2) is 8.07 Å². The molecule has 18 heavy (non-hydrogen) atoms. The molecule has 0 amide bonds. The first kappa shape index (κ1) is 13.6. The van der Waals surface area contributed by atoms with Gasteiger partial charge in [-0.25, -0.2) is 0 Å². The molecule has 0 fully saturated rings. The molecule has 0 N–H and O–H groups in total. The van der Waals surface area contributed by atoms with Gasteiger partial charge in [0.2, 0.25) is 0 Å². The second kappa shape index (κ2) is 4.69. The van der Waals surface area contributed by atoms with Crippen molar-refractivity contribution in [2.24, 2.45) is 5.41 Å². The fourth-order valence-corrected chi connectivity index (χ4v) is 5.71. The van der Waals surface area contributed by atoms with Gasteiger partial charge in [-0.15, -0.1) is 0 Å². The van der Waals surface area contributed by atoms with Crippen molar-refractivity contribution in [3.8, 4) is 0 Å². The molecule has 1 atom stereocenters. The van der Waals surface area contributed by atoms with E-state index in [0.29, 0.717) is 5.41 Å². The van der Waals surface area contributed by atoms with E-state index >= 15 is 0 Å². The second-order valence-electron chi connectivity index (χ2n) is 7.13. The van der Waals surface area contributed by atoms with E-state index in [9.17, 15) is 0 Å². The maximum absolute atomic E-state index is 2.52. The van der Waals surface area contributed by atoms with Crippen LogP contribution in [0.2, 0.25) is 18.6 Å². The van der Waals surface area contributed by atoms with Gasteiger partial charge in [0.1, 0.15) is 0 Å². The summed E-state index contributed by atoms with van der Waals surface area (Å²) in [6.45, 7) is 12.3. The van der Waals surface area contributed by atoms with E-state index in [0.717, 1.165) is 5.54 Å². The van der Waals surface area contributed by atoms with Crippen LogP contribution in [0, 0.1) is 5.41 Å². The Hall–Kier alpha value is -0.823. The van der Waals surface area contributed by atoms with Crippen LogP contribution in [-0.2, 0) is 0 Å². The zero-order valence-electron chi connectivity index (χ0n) is 12.5. The fraction of sp³-hybridized carbons (Fsp3) is 0.529. The molecule has 0 aromatic heterocycles. The van der Waals surface area contributed by atoms with Crippen LogP contribution in [0.3, 0.4) is 0 Å². The van der Waals surface area contributed by atoms with Crippen LogP contribution in [0.1, 0.15) is 33.6 Å². The van der Waals surface area contributed by atoms with Gasteiger partial charge in [-0.3, -0.25) is 0 Å². The van der Waals surface area contributed by atoms with E-state index in [2.05, 4.69) is 70.3 Å². The van der Waals surface area contributed by atoms with Gasteiger partial charge < -0.3 is 0 Å². The normalized spacial score (nSPS) is 20.6. The molecule has 0 bridgehead atoms. The lowest BCUT2D eigenvalue weighted by Crippen LogP contribution is -2.45. The van der Waals surface area contributed by atoms with Gasteiger partial charge in [-0.05, 0) is 23.8 Å². The third-order valence-corrected chi connectivity index (χ3v) is 9.11. The molecular formula is C17H26Si. The molecule has 0 radical (unpaired) electrons. The molecule has 1 aromatic carbocycles. The Balaban J connectivity index is 2.21. The van der Waals surface area contributed by atoms with E-state index in [1.807, 2.05) is 0 Å². The third-order valence-electron chi connectivity index (χ3n) is 4.76. The zero-order chi connectivity index (χ0) is 13.4. The van der Waals surface area contributed by atoms with Crippen molar-refractivity contribution in [1.82, 2.24) is 0 Å². The van der Waals surface area contributed by atoms with E-state index < -0.39 is 8.07 Å². The summed E-state index contributed by atoms with van der Waals surface area (Å²) in [5.74, 6) is 0. The van der Waals surface area contributed by atoms with Crippen molar-refractivity contribution < 1.29 is 0 Å². The van der Waals surface area contributed by atoms with Crippen LogP contribution in [0.15, 0.2) is 42.0 Å². The Morgan fingerprint density at radius 2 is 1.72 bits per heavy atom. The Morgan fingerprint density at radius 3 is 2.22 bits per heavy atom. The summed E-state index contributed by atoms with van der Waals surface area (Å²) in [6.07, 6.45) is 5.06. The molecule has 1 aromatic rings. The van der Waals surface area contributed by atoms with Gasteiger partial charge in [0.15, 0.2) is 0 Å². The van der Waals surface area contributed by atoms with Crippen molar-refractivity contribution in [3.63, 3.8) is 0 Å². The van der Waals surface area contributed by atoms with Crippen LogP contribution in [0.4, 0.5) is 0 Å². The van der Waals surface area contributed by atoms with Crippen LogP contribution < -0.4 is 5.19 Å². The van der Waals surface area contributed by atoms with E-state index in [4.69, 9.17) is 0 Å². The van der Waals surface area contributed by atoms with E-state index in [1.54, 1.807) is 10.8 Å². The minimum Gasteiger partial charge on any atom is -0.0848 e. The molecule has 0 nitrogen and oxygen atoms in total. The monoisotopic (exact) mass is 258 g/mol. The lowest BCUT2D eigenvalue weighted by Gasteiger charge is -2.32. The molecule has 1 heteroatoms. The Morgan fingerprint density at radius 1 is 1.11 bits per heavy atom.